The number of amides is 2. The molecule has 2 aliphatic heterocycles. The van der Waals surface area contributed by atoms with Crippen LogP contribution < -0.4 is 10.6 Å². The number of nitrogens with one attached hydrogen (secondary N) is 2. The lowest BCUT2D eigenvalue weighted by Crippen LogP contribution is -2.43. The van der Waals surface area contributed by atoms with E-state index in [0.717, 1.165) is 46.5 Å². The fourth-order valence-electron chi connectivity index (χ4n) is 4.16. The Balaban J connectivity index is 1.63. The molecule has 0 bridgehead atoms. The Labute approximate surface area is 199 Å². The van der Waals surface area contributed by atoms with E-state index in [0.29, 0.717) is 17.9 Å². The van der Waals surface area contributed by atoms with Crippen molar-refractivity contribution in [2.24, 2.45) is 10.9 Å². The third-order valence-electron chi connectivity index (χ3n) is 5.64. The summed E-state index contributed by atoms with van der Waals surface area (Å²) in [5.41, 5.74) is 3.92. The average Bonchev–Trinajstić information content (AvgIpc) is 2.79. The average molecular weight is 463 g/mol. The van der Waals surface area contributed by atoms with Crippen molar-refractivity contribution < 1.29 is 9.59 Å². The Morgan fingerprint density at radius 1 is 1.06 bits per heavy atom. The number of benzene rings is 2. The number of hydrogen-bond acceptors (Lipinski definition) is 5. The lowest BCUT2D eigenvalue weighted by Gasteiger charge is -2.41. The van der Waals surface area contributed by atoms with Gasteiger partial charge in [0.05, 0.1) is 17.3 Å². The van der Waals surface area contributed by atoms with Gasteiger partial charge in [0, 0.05) is 30.1 Å². The third-order valence-corrected chi connectivity index (χ3v) is 6.72. The fourth-order valence-corrected chi connectivity index (χ4v) is 5.18. The number of amidine groups is 1. The van der Waals surface area contributed by atoms with Crippen LogP contribution in [0.1, 0.15) is 45.2 Å². The lowest BCUT2D eigenvalue weighted by atomic mass is 9.93. The number of carbonyl (C=O) groups excluding carboxylic acids is 2. The van der Waals surface area contributed by atoms with Gasteiger partial charge in [-0.15, -0.1) is 0 Å². The van der Waals surface area contributed by atoms with Gasteiger partial charge in [-0.2, -0.15) is 0 Å². The smallest absolute Gasteiger partial charge is 0.255 e. The van der Waals surface area contributed by atoms with Crippen LogP contribution in [0.2, 0.25) is 0 Å². The number of hydrogen-bond donors (Lipinski definition) is 2. The molecule has 0 radical (unpaired) electrons. The van der Waals surface area contributed by atoms with Crippen LogP contribution in [0.25, 0.3) is 0 Å². The first-order chi connectivity index (χ1) is 15.9. The summed E-state index contributed by atoms with van der Waals surface area (Å²) in [4.78, 5) is 32.6. The minimum Gasteiger partial charge on any atom is -0.340 e. The van der Waals surface area contributed by atoms with Gasteiger partial charge in [-0.05, 0) is 49.1 Å². The van der Waals surface area contributed by atoms with Crippen LogP contribution in [0.15, 0.2) is 70.9 Å². The van der Waals surface area contributed by atoms with Crippen LogP contribution in [0, 0.1) is 5.92 Å². The molecule has 2 heterocycles. The molecule has 2 amide bonds. The molecule has 0 aromatic heterocycles. The van der Waals surface area contributed by atoms with Crippen LogP contribution in [-0.4, -0.2) is 34.2 Å². The molecule has 4 rings (SSSR count). The van der Waals surface area contributed by atoms with Crippen LogP contribution in [0.4, 0.5) is 11.4 Å². The van der Waals surface area contributed by atoms with Crippen molar-refractivity contribution in [1.29, 1.82) is 0 Å². The maximum absolute atomic E-state index is 13.4. The first-order valence-corrected chi connectivity index (χ1v) is 12.4. The number of fused-ring (bicyclic) bond motifs is 1. The minimum absolute atomic E-state index is 0.0101. The number of rotatable bonds is 6. The van der Waals surface area contributed by atoms with E-state index in [1.165, 1.54) is 0 Å². The quantitative estimate of drug-likeness (QED) is 0.600. The highest BCUT2D eigenvalue weighted by molar-refractivity contribution is 8.13. The van der Waals surface area contributed by atoms with Crippen LogP contribution in [-0.2, 0) is 9.59 Å². The van der Waals surface area contributed by atoms with Crippen LogP contribution >= 0.6 is 11.8 Å². The van der Waals surface area contributed by atoms with Gasteiger partial charge in [-0.25, -0.2) is 4.99 Å². The summed E-state index contributed by atoms with van der Waals surface area (Å²) in [6, 6.07) is 17.1. The Morgan fingerprint density at radius 2 is 1.76 bits per heavy atom. The SMILES string of the molecule is CC1=C(C(=O)Nc2ccccc2)C(c2ccc(NC(=O)CC(C)C)cc2)N2CCCSC2=N1. The second-order valence-corrected chi connectivity index (χ2v) is 9.84. The van der Waals surface area contributed by atoms with Crippen molar-refractivity contribution >= 4 is 40.1 Å². The molecule has 0 spiro atoms. The molecule has 2 aromatic carbocycles. The summed E-state index contributed by atoms with van der Waals surface area (Å²) in [5, 5.41) is 6.97. The van der Waals surface area contributed by atoms with E-state index in [4.69, 9.17) is 4.99 Å². The first-order valence-electron chi connectivity index (χ1n) is 11.4. The second-order valence-electron chi connectivity index (χ2n) is 8.78. The molecule has 172 valence electrons. The predicted molar refractivity (Wildman–Crippen MR) is 136 cm³/mol. The largest absolute Gasteiger partial charge is 0.340 e. The molecule has 33 heavy (non-hydrogen) atoms. The first kappa shape index (κ1) is 23.1. The van der Waals surface area contributed by atoms with Crippen molar-refractivity contribution in [3.8, 4) is 0 Å². The number of anilines is 2. The van der Waals surface area contributed by atoms with E-state index in [-0.39, 0.29) is 17.9 Å². The van der Waals surface area contributed by atoms with Gasteiger partial charge in [0.2, 0.25) is 5.91 Å². The van der Waals surface area contributed by atoms with Crippen molar-refractivity contribution in [2.45, 2.75) is 39.7 Å². The molecule has 1 atom stereocenters. The highest BCUT2D eigenvalue weighted by Gasteiger charge is 2.37. The monoisotopic (exact) mass is 462 g/mol. The van der Waals surface area contributed by atoms with Gasteiger partial charge in [-0.3, -0.25) is 9.59 Å². The van der Waals surface area contributed by atoms with Gasteiger partial charge in [0.1, 0.15) is 0 Å². The minimum atomic E-state index is -0.227. The Morgan fingerprint density at radius 3 is 2.45 bits per heavy atom. The maximum Gasteiger partial charge on any atom is 0.255 e. The molecule has 1 fully saturated rings. The van der Waals surface area contributed by atoms with E-state index in [9.17, 15) is 9.59 Å². The fraction of sp³-hybridized carbons (Fsp3) is 0.346. The molecule has 1 unspecified atom stereocenters. The normalized spacial score (nSPS) is 18.0. The Kier molecular flexibility index (Phi) is 7.18. The molecule has 1 saturated heterocycles. The summed E-state index contributed by atoms with van der Waals surface area (Å²) in [7, 11) is 0. The van der Waals surface area contributed by atoms with Crippen LogP contribution in [0.5, 0.6) is 0 Å². The molecule has 0 saturated carbocycles. The summed E-state index contributed by atoms with van der Waals surface area (Å²) >= 11 is 1.74. The van der Waals surface area contributed by atoms with E-state index >= 15 is 0 Å². The Bertz CT molecular complexity index is 1080. The van der Waals surface area contributed by atoms with Crippen molar-refractivity contribution in [2.75, 3.05) is 22.9 Å². The summed E-state index contributed by atoms with van der Waals surface area (Å²) < 4.78 is 0. The zero-order chi connectivity index (χ0) is 23.4. The van der Waals surface area contributed by atoms with E-state index < -0.39 is 0 Å². The van der Waals surface area contributed by atoms with E-state index in [1.54, 1.807) is 11.8 Å². The van der Waals surface area contributed by atoms with E-state index in [1.807, 2.05) is 75.4 Å². The summed E-state index contributed by atoms with van der Waals surface area (Å²) in [6.07, 6.45) is 1.52. The number of aliphatic imine (C=N–C) groups is 1. The third kappa shape index (κ3) is 5.47. The molecular weight excluding hydrogens is 432 g/mol. The van der Waals surface area contributed by atoms with Gasteiger partial charge >= 0.3 is 0 Å². The number of carbonyl (C=O) groups is 2. The Hall–Kier alpha value is -3.06. The van der Waals surface area contributed by atoms with Crippen LogP contribution in [0.3, 0.4) is 0 Å². The highest BCUT2D eigenvalue weighted by Crippen LogP contribution is 2.40. The summed E-state index contributed by atoms with van der Waals surface area (Å²) in [6.45, 7) is 6.81. The van der Waals surface area contributed by atoms with Gasteiger partial charge in [-0.1, -0.05) is 55.9 Å². The number of thioether (sulfide) groups is 1. The number of nitrogens with zero attached hydrogens (tertiary/aromatic N) is 2. The molecule has 6 nitrogen and oxygen atoms in total. The number of para-hydroxylation sites is 1. The van der Waals surface area contributed by atoms with Crippen molar-refractivity contribution in [3.63, 3.8) is 0 Å². The molecular formula is C26H30N4O2S. The number of allylic oxidation sites excluding steroid dienone is 1. The van der Waals surface area contributed by atoms with Gasteiger partial charge in [0.15, 0.2) is 5.17 Å². The maximum atomic E-state index is 13.4. The summed E-state index contributed by atoms with van der Waals surface area (Å²) in [5.74, 6) is 1.20. The van der Waals surface area contributed by atoms with Gasteiger partial charge < -0.3 is 15.5 Å². The highest BCUT2D eigenvalue weighted by atomic mass is 32.2. The molecule has 2 N–H and O–H groups in total. The predicted octanol–water partition coefficient (Wildman–Crippen LogP) is 5.43. The van der Waals surface area contributed by atoms with E-state index in [2.05, 4.69) is 15.5 Å². The standard InChI is InChI=1S/C26H30N4O2S/c1-17(2)16-22(31)28-21-12-10-19(11-13-21)24-23(25(32)29-20-8-5-4-6-9-20)18(3)27-26-30(24)14-7-15-33-26/h4-6,8-13,17,24H,7,14-16H2,1-3H3,(H,28,31)(H,29,32). The second kappa shape index (κ2) is 10.3. The molecule has 2 aliphatic rings. The van der Waals surface area contributed by atoms with Gasteiger partial charge in [0.25, 0.3) is 5.91 Å². The lowest BCUT2D eigenvalue weighted by molar-refractivity contribution is -0.117. The topological polar surface area (TPSA) is 73.8 Å². The molecule has 0 aliphatic carbocycles. The molecule has 7 heteroatoms. The molecule has 2 aromatic rings. The zero-order valence-electron chi connectivity index (χ0n) is 19.3. The van der Waals surface area contributed by atoms with Crippen molar-refractivity contribution in [1.82, 2.24) is 4.90 Å². The zero-order valence-corrected chi connectivity index (χ0v) is 20.1. The van der Waals surface area contributed by atoms with Crippen molar-refractivity contribution in [3.05, 3.63) is 71.4 Å².